The van der Waals surface area contributed by atoms with Gasteiger partial charge in [-0.05, 0) is 17.7 Å². The fourth-order valence-electron chi connectivity index (χ4n) is 1.36. The molecule has 1 aromatic carbocycles. The van der Waals surface area contributed by atoms with Crippen molar-refractivity contribution in [3.8, 4) is 0 Å². The molecule has 0 saturated heterocycles. The van der Waals surface area contributed by atoms with Gasteiger partial charge in [0.15, 0.2) is 0 Å². The van der Waals surface area contributed by atoms with Gasteiger partial charge in [0.05, 0.1) is 10.9 Å². The van der Waals surface area contributed by atoms with E-state index in [2.05, 4.69) is 10.2 Å². The zero-order valence-corrected chi connectivity index (χ0v) is 7.16. The van der Waals surface area contributed by atoms with Crippen LogP contribution in [0.4, 0.5) is 0 Å². The Morgan fingerprint density at radius 1 is 1.36 bits per heavy atom. The van der Waals surface area contributed by atoms with Crippen molar-refractivity contribution in [2.75, 3.05) is 0 Å². The fraction of sp³-hybridized carbons (Fsp3) is 0.111. The van der Waals surface area contributed by atoms with Crippen LogP contribution in [0.25, 0.3) is 10.9 Å². The Bertz CT molecular complexity index is 538. The van der Waals surface area contributed by atoms with Gasteiger partial charge in [0.1, 0.15) is 0 Å². The summed E-state index contributed by atoms with van der Waals surface area (Å²) in [6.07, 6.45) is -0.180. The highest BCUT2D eigenvalue weighted by Crippen LogP contribution is 2.09. The van der Waals surface area contributed by atoms with E-state index in [-0.39, 0.29) is 12.0 Å². The summed E-state index contributed by atoms with van der Waals surface area (Å²) < 4.78 is 0. The Morgan fingerprint density at radius 3 is 2.86 bits per heavy atom. The second kappa shape index (κ2) is 3.02. The standard InChI is InChI=1S/C9H8N2O3/c12-8(13)4-5-1-2-7-6(3-5)9(14)11-10-7/h1-3H,4H2,(H,12,13)(H2,10,11,14)/p-1. The van der Waals surface area contributed by atoms with E-state index in [1.165, 1.54) is 0 Å². The molecule has 0 unspecified atom stereocenters. The predicted octanol–water partition coefficient (Wildman–Crippen LogP) is -0.851. The van der Waals surface area contributed by atoms with Crippen LogP contribution in [-0.2, 0) is 11.2 Å². The highest BCUT2D eigenvalue weighted by molar-refractivity contribution is 5.80. The summed E-state index contributed by atoms with van der Waals surface area (Å²) in [6.45, 7) is 0. The lowest BCUT2D eigenvalue weighted by Gasteiger charge is -2.01. The Hall–Kier alpha value is -2.04. The number of nitrogens with one attached hydrogen (secondary N) is 2. The zero-order chi connectivity index (χ0) is 10.1. The summed E-state index contributed by atoms with van der Waals surface area (Å²) in [6, 6.07) is 4.84. The number of benzene rings is 1. The zero-order valence-electron chi connectivity index (χ0n) is 7.16. The van der Waals surface area contributed by atoms with Crippen LogP contribution in [0, 0.1) is 0 Å². The number of rotatable bonds is 2. The van der Waals surface area contributed by atoms with E-state index in [1.807, 2.05) is 0 Å². The normalized spacial score (nSPS) is 10.6. The van der Waals surface area contributed by atoms with Crippen molar-refractivity contribution >= 4 is 16.9 Å². The third-order valence-corrected chi connectivity index (χ3v) is 1.99. The van der Waals surface area contributed by atoms with E-state index < -0.39 is 5.97 Å². The summed E-state index contributed by atoms with van der Waals surface area (Å²) in [5.74, 6) is -1.16. The molecule has 5 heteroatoms. The van der Waals surface area contributed by atoms with Crippen LogP contribution in [0.15, 0.2) is 23.0 Å². The van der Waals surface area contributed by atoms with Gasteiger partial charge in [-0.1, -0.05) is 6.07 Å². The lowest BCUT2D eigenvalue weighted by molar-refractivity contribution is -0.304. The summed E-state index contributed by atoms with van der Waals surface area (Å²) in [5, 5.41) is 15.9. The van der Waals surface area contributed by atoms with Crippen LogP contribution >= 0.6 is 0 Å². The lowest BCUT2D eigenvalue weighted by Crippen LogP contribution is -2.24. The Kier molecular flexibility index (Phi) is 1.85. The second-order valence-electron chi connectivity index (χ2n) is 3.01. The van der Waals surface area contributed by atoms with Gasteiger partial charge in [-0.2, -0.15) is 0 Å². The topological polar surface area (TPSA) is 88.8 Å². The highest BCUT2D eigenvalue weighted by atomic mass is 16.4. The number of carbonyl (C=O) groups excluding carboxylic acids is 1. The first kappa shape index (κ1) is 8.55. The maximum Gasteiger partial charge on any atom is 0.271 e. The molecule has 2 rings (SSSR count). The molecule has 1 heterocycles. The molecule has 0 radical (unpaired) electrons. The van der Waals surface area contributed by atoms with E-state index in [9.17, 15) is 14.7 Å². The number of hydrogen-bond donors (Lipinski definition) is 2. The molecule has 72 valence electrons. The first-order valence-electron chi connectivity index (χ1n) is 4.06. The molecule has 2 N–H and O–H groups in total. The van der Waals surface area contributed by atoms with Crippen molar-refractivity contribution in [2.24, 2.45) is 0 Å². The maximum atomic E-state index is 11.2. The average Bonchev–Trinajstić information content (AvgIpc) is 2.47. The van der Waals surface area contributed by atoms with Crippen LogP contribution in [0.1, 0.15) is 5.56 Å². The van der Waals surface area contributed by atoms with Gasteiger partial charge >= 0.3 is 0 Å². The smallest absolute Gasteiger partial charge is 0.271 e. The Balaban J connectivity index is 2.54. The van der Waals surface area contributed by atoms with Gasteiger partial charge in [-0.15, -0.1) is 0 Å². The summed E-state index contributed by atoms with van der Waals surface area (Å²) >= 11 is 0. The first-order valence-corrected chi connectivity index (χ1v) is 4.06. The number of aromatic nitrogens is 2. The van der Waals surface area contributed by atoms with Gasteiger partial charge in [0.25, 0.3) is 5.56 Å². The van der Waals surface area contributed by atoms with Crippen molar-refractivity contribution in [2.45, 2.75) is 6.42 Å². The largest absolute Gasteiger partial charge is 0.550 e. The van der Waals surface area contributed by atoms with E-state index in [4.69, 9.17) is 0 Å². The number of fused-ring (bicyclic) bond motifs is 1. The van der Waals surface area contributed by atoms with Crippen molar-refractivity contribution in [3.63, 3.8) is 0 Å². The van der Waals surface area contributed by atoms with E-state index in [1.54, 1.807) is 18.2 Å². The van der Waals surface area contributed by atoms with Gasteiger partial charge in [-0.3, -0.25) is 15.0 Å². The minimum absolute atomic E-state index is 0.180. The summed E-state index contributed by atoms with van der Waals surface area (Å²) in [7, 11) is 0. The van der Waals surface area contributed by atoms with Crippen LogP contribution in [-0.4, -0.2) is 16.2 Å². The van der Waals surface area contributed by atoms with Gasteiger partial charge in [0, 0.05) is 12.4 Å². The van der Waals surface area contributed by atoms with E-state index in [0.29, 0.717) is 16.5 Å². The minimum Gasteiger partial charge on any atom is -0.550 e. The molecule has 14 heavy (non-hydrogen) atoms. The number of carboxylic acids is 1. The number of H-pyrrole nitrogens is 2. The molecule has 1 aromatic heterocycles. The number of aromatic amines is 2. The van der Waals surface area contributed by atoms with Crippen molar-refractivity contribution in [1.82, 2.24) is 10.2 Å². The molecule has 0 atom stereocenters. The van der Waals surface area contributed by atoms with Crippen molar-refractivity contribution in [3.05, 3.63) is 34.1 Å². The molecule has 0 aliphatic heterocycles. The van der Waals surface area contributed by atoms with Crippen LogP contribution in [0.5, 0.6) is 0 Å². The fourth-order valence-corrected chi connectivity index (χ4v) is 1.36. The van der Waals surface area contributed by atoms with Gasteiger partial charge < -0.3 is 9.90 Å². The van der Waals surface area contributed by atoms with E-state index >= 15 is 0 Å². The van der Waals surface area contributed by atoms with Crippen molar-refractivity contribution in [1.29, 1.82) is 0 Å². The molecule has 0 fully saturated rings. The second-order valence-corrected chi connectivity index (χ2v) is 3.01. The summed E-state index contributed by atoms with van der Waals surface area (Å²) in [5.41, 5.74) is 0.972. The van der Waals surface area contributed by atoms with Crippen LogP contribution in [0.3, 0.4) is 0 Å². The maximum absolute atomic E-state index is 11.2. The predicted molar refractivity (Wildman–Crippen MR) is 47.6 cm³/mol. The molecule has 0 aliphatic carbocycles. The third-order valence-electron chi connectivity index (χ3n) is 1.99. The third kappa shape index (κ3) is 1.39. The first-order chi connectivity index (χ1) is 6.66. The molecule has 0 saturated carbocycles. The number of aliphatic carboxylic acids is 1. The molecule has 0 bridgehead atoms. The number of hydrogen-bond acceptors (Lipinski definition) is 3. The molecule has 0 amide bonds. The molecular formula is C9H7N2O3-. The highest BCUT2D eigenvalue weighted by Gasteiger charge is 2.01. The number of carbonyl (C=O) groups is 1. The van der Waals surface area contributed by atoms with Gasteiger partial charge in [-0.25, -0.2) is 0 Å². The number of carboxylic acid groups (broad SMARTS) is 1. The molecule has 0 aliphatic rings. The van der Waals surface area contributed by atoms with E-state index in [0.717, 1.165) is 0 Å². The van der Waals surface area contributed by atoms with Crippen LogP contribution in [0.2, 0.25) is 0 Å². The monoisotopic (exact) mass is 191 g/mol. The Morgan fingerprint density at radius 2 is 2.14 bits per heavy atom. The quantitative estimate of drug-likeness (QED) is 0.647. The van der Waals surface area contributed by atoms with Crippen molar-refractivity contribution < 1.29 is 9.90 Å². The molecule has 0 spiro atoms. The molecular weight excluding hydrogens is 184 g/mol. The summed E-state index contributed by atoms with van der Waals surface area (Å²) in [4.78, 5) is 21.5. The molecule has 2 aromatic rings. The van der Waals surface area contributed by atoms with Gasteiger partial charge in [0.2, 0.25) is 0 Å². The SMILES string of the molecule is O=C([O-])Cc1ccc2[nH][nH]c(=O)c2c1. The minimum atomic E-state index is -1.16. The Labute approximate surface area is 78.4 Å². The average molecular weight is 191 g/mol. The molecule has 5 nitrogen and oxygen atoms in total. The lowest BCUT2D eigenvalue weighted by atomic mass is 10.1. The van der Waals surface area contributed by atoms with Crippen LogP contribution < -0.4 is 10.7 Å².